The molecule has 0 atom stereocenters. The standard InChI is InChI=1S/C42H34N4O.Pt/c1-42(2,3)33-22-23-43-41(24-33)46-39-15-8-7-14-37(39)38-21-20-36(26-40(38)46)47-35-13-9-12-34(25-35)45-28-32(27-44-45)31-18-16-30(17-19-31)29-10-5-4-6-11-29;/h4-28H,1-3H3;. The predicted molar refractivity (Wildman–Crippen MR) is 192 cm³/mol. The molecular weight excluding hydrogens is 772 g/mol. The molecule has 8 aromatic rings. The molecule has 0 fully saturated rings. The topological polar surface area (TPSA) is 44.9 Å². The first-order valence-electron chi connectivity index (χ1n) is 15.9. The van der Waals surface area contributed by atoms with E-state index in [9.17, 15) is 0 Å². The number of para-hydroxylation sites is 1. The van der Waals surface area contributed by atoms with Crippen LogP contribution in [0.5, 0.6) is 11.5 Å². The number of hydrogen-bond donors (Lipinski definition) is 0. The normalized spacial score (nSPS) is 11.5. The number of ether oxygens (including phenoxy) is 1. The van der Waals surface area contributed by atoms with Gasteiger partial charge in [0.25, 0.3) is 0 Å². The zero-order valence-corrected chi connectivity index (χ0v) is 29.2. The van der Waals surface area contributed by atoms with E-state index < -0.39 is 0 Å². The quantitative estimate of drug-likeness (QED) is 0.168. The van der Waals surface area contributed by atoms with Crippen molar-refractivity contribution < 1.29 is 25.8 Å². The van der Waals surface area contributed by atoms with E-state index in [0.29, 0.717) is 0 Å². The third-order valence-electron chi connectivity index (χ3n) is 8.71. The molecule has 0 unspecified atom stereocenters. The summed E-state index contributed by atoms with van der Waals surface area (Å²) in [5.41, 5.74) is 8.92. The Morgan fingerprint density at radius 2 is 1.27 bits per heavy atom. The number of rotatable bonds is 6. The van der Waals surface area contributed by atoms with E-state index in [0.717, 1.165) is 50.6 Å². The Labute approximate surface area is 294 Å². The molecule has 0 spiro atoms. The molecule has 0 saturated heterocycles. The van der Waals surface area contributed by atoms with Gasteiger partial charge in [-0.15, -0.1) is 0 Å². The Kier molecular flexibility index (Phi) is 8.33. The molecule has 3 heterocycles. The van der Waals surface area contributed by atoms with Crippen LogP contribution in [0.25, 0.3) is 55.6 Å². The summed E-state index contributed by atoms with van der Waals surface area (Å²) in [5.74, 6) is 2.39. The van der Waals surface area contributed by atoms with Crippen LogP contribution in [0.15, 0.2) is 152 Å². The van der Waals surface area contributed by atoms with Crippen LogP contribution >= 0.6 is 0 Å². The van der Waals surface area contributed by atoms with Gasteiger partial charge in [0.15, 0.2) is 0 Å². The predicted octanol–water partition coefficient (Wildman–Crippen LogP) is 10.8. The molecular formula is C42H34N4OPt. The third kappa shape index (κ3) is 5.98. The van der Waals surface area contributed by atoms with Crippen molar-refractivity contribution >= 4 is 21.8 Å². The van der Waals surface area contributed by atoms with E-state index in [1.54, 1.807) is 0 Å². The summed E-state index contributed by atoms with van der Waals surface area (Å²) in [4.78, 5) is 4.81. The van der Waals surface area contributed by atoms with Crippen LogP contribution in [0.1, 0.15) is 26.3 Å². The van der Waals surface area contributed by atoms with E-state index >= 15 is 0 Å². The van der Waals surface area contributed by atoms with E-state index in [2.05, 4.69) is 134 Å². The van der Waals surface area contributed by atoms with E-state index in [4.69, 9.17) is 9.72 Å². The molecule has 5 aromatic carbocycles. The average Bonchev–Trinajstić information content (AvgIpc) is 3.72. The van der Waals surface area contributed by atoms with Crippen LogP contribution in [0.3, 0.4) is 0 Å². The van der Waals surface area contributed by atoms with Gasteiger partial charge in [-0.3, -0.25) is 4.57 Å². The van der Waals surface area contributed by atoms with E-state index in [1.807, 2.05) is 53.5 Å². The molecule has 0 amide bonds. The maximum atomic E-state index is 6.49. The molecule has 48 heavy (non-hydrogen) atoms. The number of fused-ring (bicyclic) bond motifs is 3. The molecule has 0 N–H and O–H groups in total. The molecule has 238 valence electrons. The number of pyridine rings is 1. The van der Waals surface area contributed by atoms with Gasteiger partial charge >= 0.3 is 0 Å². The van der Waals surface area contributed by atoms with Crippen molar-refractivity contribution in [2.45, 2.75) is 26.2 Å². The van der Waals surface area contributed by atoms with Gasteiger partial charge in [0.05, 0.1) is 22.9 Å². The number of nitrogens with zero attached hydrogens (tertiary/aromatic N) is 4. The van der Waals surface area contributed by atoms with Crippen molar-refractivity contribution in [3.8, 4) is 45.3 Å². The smallest absolute Gasteiger partial charge is 0.137 e. The van der Waals surface area contributed by atoms with Crippen molar-refractivity contribution in [3.05, 3.63) is 158 Å². The Bertz CT molecular complexity index is 2370. The monoisotopic (exact) mass is 805 g/mol. The SMILES string of the molecule is CC(C)(C)c1ccnc(-n2c3ccccc3c3ccc(Oc4cccc(-n5cc(-c6ccc(-c7ccccc7)cc6)cn5)c4)cc32)c1.[Pt]. The van der Waals surface area contributed by atoms with Crippen molar-refractivity contribution in [2.75, 3.05) is 0 Å². The number of benzene rings is 5. The van der Waals surface area contributed by atoms with Gasteiger partial charge in [0, 0.05) is 61.9 Å². The second kappa shape index (κ2) is 12.7. The van der Waals surface area contributed by atoms with Crippen LogP contribution in [-0.4, -0.2) is 19.3 Å². The van der Waals surface area contributed by atoms with Crippen LogP contribution in [0.4, 0.5) is 0 Å². The van der Waals surface area contributed by atoms with Gasteiger partial charge in [-0.1, -0.05) is 99.6 Å². The number of hydrogen-bond acceptors (Lipinski definition) is 3. The summed E-state index contributed by atoms with van der Waals surface area (Å²) >= 11 is 0. The van der Waals surface area contributed by atoms with Gasteiger partial charge in [0.2, 0.25) is 0 Å². The summed E-state index contributed by atoms with van der Waals surface area (Å²) in [7, 11) is 0. The van der Waals surface area contributed by atoms with Gasteiger partial charge in [-0.25, -0.2) is 9.67 Å². The first kappa shape index (κ1) is 31.4. The number of aromatic nitrogens is 4. The summed E-state index contributed by atoms with van der Waals surface area (Å²) in [6.07, 6.45) is 5.86. The third-order valence-corrected chi connectivity index (χ3v) is 8.71. The van der Waals surface area contributed by atoms with Crippen LogP contribution in [0, 0.1) is 0 Å². The van der Waals surface area contributed by atoms with Gasteiger partial charge < -0.3 is 4.74 Å². The minimum atomic E-state index is 0. The molecule has 3 aromatic heterocycles. The molecule has 0 saturated carbocycles. The second-order valence-electron chi connectivity index (χ2n) is 12.9. The van der Waals surface area contributed by atoms with Crippen molar-refractivity contribution in [1.29, 1.82) is 0 Å². The first-order valence-corrected chi connectivity index (χ1v) is 15.9. The Morgan fingerprint density at radius 1 is 0.583 bits per heavy atom. The molecule has 0 aliphatic carbocycles. The summed E-state index contributed by atoms with van der Waals surface area (Å²) in [5, 5.41) is 7.02. The Morgan fingerprint density at radius 3 is 2.06 bits per heavy atom. The maximum absolute atomic E-state index is 6.49. The molecule has 8 rings (SSSR count). The molecule has 0 radical (unpaired) electrons. The van der Waals surface area contributed by atoms with Crippen molar-refractivity contribution in [1.82, 2.24) is 19.3 Å². The van der Waals surface area contributed by atoms with Crippen molar-refractivity contribution in [2.24, 2.45) is 0 Å². The fourth-order valence-corrected chi connectivity index (χ4v) is 6.19. The fraction of sp³-hybridized carbons (Fsp3) is 0.0952. The molecule has 0 aliphatic heterocycles. The molecule has 5 nitrogen and oxygen atoms in total. The average molecular weight is 806 g/mol. The minimum Gasteiger partial charge on any atom is -0.457 e. The summed E-state index contributed by atoms with van der Waals surface area (Å²) in [6.45, 7) is 6.68. The second-order valence-corrected chi connectivity index (χ2v) is 12.9. The van der Waals surface area contributed by atoms with Crippen molar-refractivity contribution in [3.63, 3.8) is 0 Å². The molecule has 0 bridgehead atoms. The fourth-order valence-electron chi connectivity index (χ4n) is 6.19. The van der Waals surface area contributed by atoms with Crippen LogP contribution in [0.2, 0.25) is 0 Å². The Hall–Kier alpha value is -5.25. The summed E-state index contributed by atoms with van der Waals surface area (Å²) < 4.78 is 10.6. The Balaban J connectivity index is 0.00000364. The zero-order chi connectivity index (χ0) is 32.0. The maximum Gasteiger partial charge on any atom is 0.137 e. The molecule has 0 aliphatic rings. The van der Waals surface area contributed by atoms with Crippen LogP contribution in [-0.2, 0) is 26.5 Å². The van der Waals surface area contributed by atoms with E-state index in [-0.39, 0.29) is 26.5 Å². The van der Waals surface area contributed by atoms with E-state index in [1.165, 1.54) is 22.1 Å². The largest absolute Gasteiger partial charge is 0.457 e. The van der Waals surface area contributed by atoms with Crippen LogP contribution < -0.4 is 4.74 Å². The minimum absolute atomic E-state index is 0. The molecule has 6 heteroatoms. The van der Waals surface area contributed by atoms with Gasteiger partial charge in [-0.2, -0.15) is 5.10 Å². The summed E-state index contributed by atoms with van der Waals surface area (Å²) in [6, 6.07) is 46.1. The first-order chi connectivity index (χ1) is 22.9. The van der Waals surface area contributed by atoms with Gasteiger partial charge in [-0.05, 0) is 70.1 Å². The zero-order valence-electron chi connectivity index (χ0n) is 26.9. The van der Waals surface area contributed by atoms with Gasteiger partial charge in [0.1, 0.15) is 17.3 Å².